The number of hydrogen-bond acceptors (Lipinski definition) is 4. The molecule has 5 heteroatoms. The van der Waals surface area contributed by atoms with Crippen LogP contribution in [0.4, 0.5) is 5.69 Å². The van der Waals surface area contributed by atoms with Crippen molar-refractivity contribution in [3.63, 3.8) is 0 Å². The Bertz CT molecular complexity index is 564. The number of hydrogen-bond donors (Lipinski definition) is 2. The van der Waals surface area contributed by atoms with Gasteiger partial charge in [-0.3, -0.25) is 4.79 Å². The number of nitrogens with zero attached hydrogens (tertiary/aromatic N) is 1. The summed E-state index contributed by atoms with van der Waals surface area (Å²) in [5.41, 5.74) is 2.90. The van der Waals surface area contributed by atoms with E-state index < -0.39 is 0 Å². The normalized spacial score (nSPS) is 18.5. The summed E-state index contributed by atoms with van der Waals surface area (Å²) in [7, 11) is 0. The van der Waals surface area contributed by atoms with Crippen molar-refractivity contribution in [2.24, 2.45) is 0 Å². The first-order valence-corrected chi connectivity index (χ1v) is 6.34. The summed E-state index contributed by atoms with van der Waals surface area (Å²) < 4.78 is 4.77. The number of benzene rings is 1. The molecule has 1 aliphatic heterocycles. The predicted molar refractivity (Wildman–Crippen MR) is 70.5 cm³/mol. The lowest BCUT2D eigenvalue weighted by Crippen LogP contribution is -2.39. The number of aromatic nitrogens is 1. The summed E-state index contributed by atoms with van der Waals surface area (Å²) in [6.07, 6.45) is 3.19. The highest BCUT2D eigenvalue weighted by Crippen LogP contribution is 2.21. The van der Waals surface area contributed by atoms with Crippen LogP contribution < -0.4 is 10.6 Å². The van der Waals surface area contributed by atoms with E-state index >= 15 is 0 Å². The molecule has 2 heterocycles. The Morgan fingerprint density at radius 1 is 1.37 bits per heavy atom. The SMILES string of the molecule is O=C1Nc2ccccc2CCC1NCc1ccon1. The van der Waals surface area contributed by atoms with Crippen LogP contribution in [0.3, 0.4) is 0 Å². The molecule has 0 radical (unpaired) electrons. The Balaban J connectivity index is 1.67. The summed E-state index contributed by atoms with van der Waals surface area (Å²) in [4.78, 5) is 12.1. The number of aryl methyl sites for hydroxylation is 1. The largest absolute Gasteiger partial charge is 0.364 e. The fraction of sp³-hybridized carbons (Fsp3) is 0.286. The van der Waals surface area contributed by atoms with Crippen molar-refractivity contribution in [2.45, 2.75) is 25.4 Å². The van der Waals surface area contributed by atoms with Crippen molar-refractivity contribution in [3.8, 4) is 0 Å². The van der Waals surface area contributed by atoms with E-state index in [9.17, 15) is 4.79 Å². The molecule has 0 saturated carbocycles. The van der Waals surface area contributed by atoms with E-state index in [4.69, 9.17) is 4.52 Å². The Hall–Kier alpha value is -2.14. The minimum Gasteiger partial charge on any atom is -0.364 e. The van der Waals surface area contributed by atoms with Crippen LogP contribution in [0.5, 0.6) is 0 Å². The average Bonchev–Trinajstić information content (AvgIpc) is 2.88. The molecule has 0 spiro atoms. The monoisotopic (exact) mass is 257 g/mol. The first-order valence-electron chi connectivity index (χ1n) is 6.34. The molecule has 2 N–H and O–H groups in total. The number of fused-ring (bicyclic) bond motifs is 1. The molecule has 1 aromatic carbocycles. The number of amides is 1. The molecule has 98 valence electrons. The molecule has 1 atom stereocenters. The van der Waals surface area contributed by atoms with Crippen molar-refractivity contribution in [2.75, 3.05) is 5.32 Å². The van der Waals surface area contributed by atoms with E-state index in [0.717, 1.165) is 24.2 Å². The second-order valence-corrected chi connectivity index (χ2v) is 4.61. The Labute approximate surface area is 111 Å². The van der Waals surface area contributed by atoms with E-state index in [2.05, 4.69) is 21.9 Å². The quantitative estimate of drug-likeness (QED) is 0.878. The minimum absolute atomic E-state index is 0.00782. The van der Waals surface area contributed by atoms with Gasteiger partial charge in [0.1, 0.15) is 6.26 Å². The van der Waals surface area contributed by atoms with Crippen molar-refractivity contribution in [1.29, 1.82) is 0 Å². The van der Waals surface area contributed by atoms with Gasteiger partial charge in [0.25, 0.3) is 0 Å². The molecule has 0 fully saturated rings. The van der Waals surface area contributed by atoms with Crippen LogP contribution in [-0.4, -0.2) is 17.1 Å². The summed E-state index contributed by atoms with van der Waals surface area (Å²) >= 11 is 0. The predicted octanol–water partition coefficient (Wildman–Crippen LogP) is 1.72. The molecule has 0 saturated heterocycles. The van der Waals surface area contributed by atoms with Gasteiger partial charge in [0, 0.05) is 18.3 Å². The van der Waals surface area contributed by atoms with Gasteiger partial charge in [0.2, 0.25) is 5.91 Å². The minimum atomic E-state index is -0.205. The van der Waals surface area contributed by atoms with Crippen molar-refractivity contribution >= 4 is 11.6 Å². The van der Waals surface area contributed by atoms with Crippen LogP contribution >= 0.6 is 0 Å². The van der Waals surface area contributed by atoms with Crippen molar-refractivity contribution in [3.05, 3.63) is 47.9 Å². The zero-order chi connectivity index (χ0) is 13.1. The maximum atomic E-state index is 12.1. The summed E-state index contributed by atoms with van der Waals surface area (Å²) in [5.74, 6) is 0.00782. The van der Waals surface area contributed by atoms with Crippen LogP contribution in [0.25, 0.3) is 0 Å². The smallest absolute Gasteiger partial charge is 0.241 e. The molecule has 2 aromatic rings. The summed E-state index contributed by atoms with van der Waals surface area (Å²) in [6.45, 7) is 0.533. The lowest BCUT2D eigenvalue weighted by molar-refractivity contribution is -0.118. The first-order chi connectivity index (χ1) is 9.33. The Morgan fingerprint density at radius 2 is 2.26 bits per heavy atom. The highest BCUT2D eigenvalue weighted by Gasteiger charge is 2.22. The number of carbonyl (C=O) groups excluding carboxylic acids is 1. The Morgan fingerprint density at radius 3 is 3.11 bits per heavy atom. The van der Waals surface area contributed by atoms with Gasteiger partial charge < -0.3 is 15.2 Å². The number of carbonyl (C=O) groups is 1. The van der Waals surface area contributed by atoms with Gasteiger partial charge in [-0.15, -0.1) is 0 Å². The van der Waals surface area contributed by atoms with Gasteiger partial charge in [0.05, 0.1) is 11.7 Å². The van der Waals surface area contributed by atoms with Gasteiger partial charge in [-0.2, -0.15) is 0 Å². The van der Waals surface area contributed by atoms with Crippen molar-refractivity contribution < 1.29 is 9.32 Å². The highest BCUT2D eigenvalue weighted by molar-refractivity contribution is 5.96. The molecule has 1 amide bonds. The first kappa shape index (κ1) is 11.9. The summed E-state index contributed by atoms with van der Waals surface area (Å²) in [5, 5.41) is 9.99. The summed E-state index contributed by atoms with van der Waals surface area (Å²) in [6, 6.07) is 9.50. The second kappa shape index (κ2) is 5.24. The zero-order valence-corrected chi connectivity index (χ0v) is 10.4. The third-order valence-corrected chi connectivity index (χ3v) is 3.31. The van der Waals surface area contributed by atoms with Crippen LogP contribution in [0.2, 0.25) is 0 Å². The van der Waals surface area contributed by atoms with Gasteiger partial charge in [-0.25, -0.2) is 0 Å². The standard InChI is InChI=1S/C14H15N3O2/c18-14-13(15-9-11-7-8-19-17-11)6-5-10-3-1-2-4-12(10)16-14/h1-4,7-8,13,15H,5-6,9H2,(H,16,18). The molecular formula is C14H15N3O2. The van der Waals surface area contributed by atoms with E-state index in [-0.39, 0.29) is 11.9 Å². The van der Waals surface area contributed by atoms with Crippen molar-refractivity contribution in [1.82, 2.24) is 10.5 Å². The number of anilines is 1. The lowest BCUT2D eigenvalue weighted by Gasteiger charge is -2.13. The number of rotatable bonds is 3. The van der Waals surface area contributed by atoms with Gasteiger partial charge >= 0.3 is 0 Å². The van der Waals surface area contributed by atoms with Crippen LogP contribution in [-0.2, 0) is 17.8 Å². The molecule has 1 unspecified atom stereocenters. The molecular weight excluding hydrogens is 242 g/mol. The lowest BCUT2D eigenvalue weighted by atomic mass is 10.1. The number of nitrogens with one attached hydrogen (secondary N) is 2. The number of para-hydroxylation sites is 1. The zero-order valence-electron chi connectivity index (χ0n) is 10.4. The third-order valence-electron chi connectivity index (χ3n) is 3.31. The molecule has 0 bridgehead atoms. The molecule has 1 aliphatic rings. The van der Waals surface area contributed by atoms with E-state index in [1.807, 2.05) is 18.2 Å². The topological polar surface area (TPSA) is 67.2 Å². The fourth-order valence-electron chi connectivity index (χ4n) is 2.26. The van der Waals surface area contributed by atoms with E-state index in [1.165, 1.54) is 11.8 Å². The highest BCUT2D eigenvalue weighted by atomic mass is 16.5. The maximum Gasteiger partial charge on any atom is 0.241 e. The molecule has 5 nitrogen and oxygen atoms in total. The van der Waals surface area contributed by atoms with Gasteiger partial charge in [-0.05, 0) is 24.5 Å². The van der Waals surface area contributed by atoms with E-state index in [0.29, 0.717) is 6.54 Å². The van der Waals surface area contributed by atoms with Crippen LogP contribution in [0, 0.1) is 0 Å². The van der Waals surface area contributed by atoms with E-state index in [1.54, 1.807) is 6.07 Å². The molecule has 19 heavy (non-hydrogen) atoms. The molecule has 3 rings (SSSR count). The second-order valence-electron chi connectivity index (χ2n) is 4.61. The maximum absolute atomic E-state index is 12.1. The molecule has 0 aliphatic carbocycles. The average molecular weight is 257 g/mol. The Kier molecular flexibility index (Phi) is 3.29. The third kappa shape index (κ3) is 2.66. The fourth-order valence-corrected chi connectivity index (χ4v) is 2.26. The molecule has 1 aromatic heterocycles. The van der Waals surface area contributed by atoms with Crippen LogP contribution in [0.1, 0.15) is 17.7 Å². The van der Waals surface area contributed by atoms with Gasteiger partial charge in [0.15, 0.2) is 0 Å². The van der Waals surface area contributed by atoms with Gasteiger partial charge in [-0.1, -0.05) is 23.4 Å². The van der Waals surface area contributed by atoms with Crippen LogP contribution in [0.15, 0.2) is 41.1 Å².